The van der Waals surface area contributed by atoms with E-state index < -0.39 is 4.92 Å². The molecule has 106 valence electrons. The van der Waals surface area contributed by atoms with Crippen molar-refractivity contribution in [3.63, 3.8) is 0 Å². The molecule has 0 aliphatic carbocycles. The first kappa shape index (κ1) is 15.4. The van der Waals surface area contributed by atoms with Gasteiger partial charge in [0.1, 0.15) is 5.75 Å². The lowest BCUT2D eigenvalue weighted by Crippen LogP contribution is -2.32. The van der Waals surface area contributed by atoms with Crippen LogP contribution in [0.25, 0.3) is 0 Å². The van der Waals surface area contributed by atoms with Crippen molar-refractivity contribution in [3.05, 3.63) is 33.9 Å². The highest BCUT2D eigenvalue weighted by molar-refractivity contribution is 5.42. The Morgan fingerprint density at radius 2 is 2.11 bits per heavy atom. The van der Waals surface area contributed by atoms with Crippen LogP contribution in [-0.2, 0) is 6.54 Å². The molecule has 0 aliphatic heterocycles. The number of nitrogens with zero attached hydrogens (tertiary/aromatic N) is 2. The van der Waals surface area contributed by atoms with Crippen LogP contribution < -0.4 is 4.74 Å². The fourth-order valence-corrected chi connectivity index (χ4v) is 1.84. The van der Waals surface area contributed by atoms with E-state index in [0.717, 1.165) is 5.56 Å². The van der Waals surface area contributed by atoms with Gasteiger partial charge in [0.25, 0.3) is 5.69 Å². The number of aliphatic hydroxyl groups excluding tert-OH is 1. The molecule has 1 aromatic rings. The second kappa shape index (κ2) is 7.06. The van der Waals surface area contributed by atoms with Crippen LogP contribution in [0.2, 0.25) is 0 Å². The van der Waals surface area contributed by atoms with Crippen molar-refractivity contribution < 1.29 is 14.8 Å². The lowest BCUT2D eigenvalue weighted by Gasteiger charge is -2.25. The van der Waals surface area contributed by atoms with Crippen LogP contribution in [0.5, 0.6) is 5.75 Å². The predicted octanol–water partition coefficient (Wildman–Crippen LogP) is 1.81. The van der Waals surface area contributed by atoms with Gasteiger partial charge in [-0.05, 0) is 25.5 Å². The van der Waals surface area contributed by atoms with Crippen LogP contribution in [0.15, 0.2) is 18.2 Å². The molecule has 0 atom stereocenters. The minimum atomic E-state index is -0.433. The van der Waals surface area contributed by atoms with Gasteiger partial charge in [0, 0.05) is 25.2 Å². The molecule has 0 amide bonds. The number of aliphatic hydroxyl groups is 1. The summed E-state index contributed by atoms with van der Waals surface area (Å²) in [5.74, 6) is 0.469. The molecule has 6 nitrogen and oxygen atoms in total. The average Bonchev–Trinajstić information content (AvgIpc) is 2.37. The molecule has 0 saturated heterocycles. The summed E-state index contributed by atoms with van der Waals surface area (Å²) in [5.41, 5.74) is 0.815. The number of methoxy groups -OCH3 is 1. The van der Waals surface area contributed by atoms with Gasteiger partial charge in [0.15, 0.2) is 0 Å². The fourth-order valence-electron chi connectivity index (χ4n) is 1.84. The molecule has 0 unspecified atom stereocenters. The van der Waals surface area contributed by atoms with Gasteiger partial charge in [-0.3, -0.25) is 15.0 Å². The molecule has 1 rings (SSSR count). The molecule has 0 spiro atoms. The number of non-ortho nitro benzene ring substituents is 1. The first-order chi connectivity index (χ1) is 8.97. The van der Waals surface area contributed by atoms with E-state index in [1.165, 1.54) is 19.2 Å². The van der Waals surface area contributed by atoms with Crippen molar-refractivity contribution >= 4 is 5.69 Å². The van der Waals surface area contributed by atoms with Crippen molar-refractivity contribution in [3.8, 4) is 5.75 Å². The van der Waals surface area contributed by atoms with Crippen LogP contribution in [0.3, 0.4) is 0 Å². The summed E-state index contributed by atoms with van der Waals surface area (Å²) in [6, 6.07) is 4.96. The van der Waals surface area contributed by atoms with Gasteiger partial charge in [0.2, 0.25) is 0 Å². The Bertz CT molecular complexity index is 435. The minimum absolute atomic E-state index is 0.0158. The van der Waals surface area contributed by atoms with E-state index in [2.05, 4.69) is 0 Å². The van der Waals surface area contributed by atoms with Crippen LogP contribution in [0.1, 0.15) is 19.4 Å². The number of nitro groups is 1. The van der Waals surface area contributed by atoms with Gasteiger partial charge in [-0.15, -0.1) is 0 Å². The topological polar surface area (TPSA) is 75.8 Å². The zero-order chi connectivity index (χ0) is 14.4. The van der Waals surface area contributed by atoms with Crippen molar-refractivity contribution in [1.82, 2.24) is 4.90 Å². The Balaban J connectivity index is 2.98. The van der Waals surface area contributed by atoms with E-state index in [1.54, 1.807) is 6.07 Å². The van der Waals surface area contributed by atoms with Crippen LogP contribution in [0.4, 0.5) is 5.69 Å². The van der Waals surface area contributed by atoms with Gasteiger partial charge >= 0.3 is 0 Å². The summed E-state index contributed by atoms with van der Waals surface area (Å²) in [5, 5.41) is 19.9. The Hall–Kier alpha value is -1.66. The van der Waals surface area contributed by atoms with Crippen molar-refractivity contribution in [1.29, 1.82) is 0 Å². The maximum atomic E-state index is 10.9. The monoisotopic (exact) mass is 268 g/mol. The number of benzene rings is 1. The smallest absolute Gasteiger partial charge is 0.273 e. The van der Waals surface area contributed by atoms with Crippen LogP contribution >= 0.6 is 0 Å². The number of hydrogen-bond donors (Lipinski definition) is 1. The molecule has 1 aromatic carbocycles. The maximum absolute atomic E-state index is 10.9. The van der Waals surface area contributed by atoms with E-state index in [4.69, 9.17) is 9.84 Å². The van der Waals surface area contributed by atoms with Gasteiger partial charge in [0.05, 0.1) is 24.7 Å². The largest absolute Gasteiger partial charge is 0.496 e. The average molecular weight is 268 g/mol. The first-order valence-corrected chi connectivity index (χ1v) is 6.15. The highest BCUT2D eigenvalue weighted by Crippen LogP contribution is 2.23. The summed E-state index contributed by atoms with van der Waals surface area (Å²) >= 11 is 0. The second-order valence-electron chi connectivity index (χ2n) is 4.58. The van der Waals surface area contributed by atoms with Crippen LogP contribution in [-0.4, -0.2) is 41.2 Å². The number of rotatable bonds is 7. The zero-order valence-electron chi connectivity index (χ0n) is 11.5. The molecule has 0 aromatic heterocycles. The molecule has 6 heteroatoms. The lowest BCUT2D eigenvalue weighted by atomic mass is 10.1. The summed E-state index contributed by atoms with van der Waals surface area (Å²) in [6.07, 6.45) is 0. The Morgan fingerprint density at radius 1 is 1.42 bits per heavy atom. The minimum Gasteiger partial charge on any atom is -0.496 e. The Morgan fingerprint density at radius 3 is 2.58 bits per heavy atom. The molecule has 1 N–H and O–H groups in total. The third-order valence-electron chi connectivity index (χ3n) is 2.90. The SMILES string of the molecule is COc1cc(CN(CCO)C(C)C)cc([N+](=O)[O-])c1. The van der Waals surface area contributed by atoms with Gasteiger partial charge < -0.3 is 9.84 Å². The van der Waals surface area contributed by atoms with E-state index in [0.29, 0.717) is 18.8 Å². The molecule has 19 heavy (non-hydrogen) atoms. The normalized spacial score (nSPS) is 11.1. The molecule has 0 bridgehead atoms. The summed E-state index contributed by atoms with van der Waals surface area (Å²) < 4.78 is 5.08. The van der Waals surface area contributed by atoms with Crippen LogP contribution in [0, 0.1) is 10.1 Å². The maximum Gasteiger partial charge on any atom is 0.273 e. The highest BCUT2D eigenvalue weighted by atomic mass is 16.6. The Labute approximate surface area is 112 Å². The molecule has 0 heterocycles. The molecule has 0 aliphatic rings. The first-order valence-electron chi connectivity index (χ1n) is 6.15. The van der Waals surface area contributed by atoms with E-state index in [-0.39, 0.29) is 18.3 Å². The van der Waals surface area contributed by atoms with Gasteiger partial charge in [-0.25, -0.2) is 0 Å². The summed E-state index contributed by atoms with van der Waals surface area (Å²) in [4.78, 5) is 12.5. The van der Waals surface area contributed by atoms with Crippen molar-refractivity contribution in [2.45, 2.75) is 26.4 Å². The fraction of sp³-hybridized carbons (Fsp3) is 0.538. The van der Waals surface area contributed by atoms with E-state index in [9.17, 15) is 10.1 Å². The molecular weight excluding hydrogens is 248 g/mol. The second-order valence-corrected chi connectivity index (χ2v) is 4.58. The summed E-state index contributed by atoms with van der Waals surface area (Å²) in [6.45, 7) is 5.16. The van der Waals surface area contributed by atoms with Gasteiger partial charge in [-0.2, -0.15) is 0 Å². The molecule has 0 fully saturated rings. The van der Waals surface area contributed by atoms with Crippen molar-refractivity contribution in [2.24, 2.45) is 0 Å². The lowest BCUT2D eigenvalue weighted by molar-refractivity contribution is -0.385. The number of nitro benzene ring substituents is 1. The third kappa shape index (κ3) is 4.50. The highest BCUT2D eigenvalue weighted by Gasteiger charge is 2.14. The molecular formula is C13H20N2O4. The number of hydrogen-bond acceptors (Lipinski definition) is 5. The predicted molar refractivity (Wildman–Crippen MR) is 72.3 cm³/mol. The molecule has 0 radical (unpaired) electrons. The Kier molecular flexibility index (Phi) is 5.72. The quantitative estimate of drug-likeness (QED) is 0.603. The molecule has 0 saturated carbocycles. The standard InChI is InChI=1S/C13H20N2O4/c1-10(2)14(4-5-16)9-11-6-12(15(17)18)8-13(7-11)19-3/h6-8,10,16H,4-5,9H2,1-3H3. The number of ether oxygens (including phenoxy) is 1. The zero-order valence-corrected chi connectivity index (χ0v) is 11.5. The van der Waals surface area contributed by atoms with Crippen molar-refractivity contribution in [2.75, 3.05) is 20.3 Å². The van der Waals surface area contributed by atoms with E-state index in [1.807, 2.05) is 18.7 Å². The third-order valence-corrected chi connectivity index (χ3v) is 2.90. The van der Waals surface area contributed by atoms with E-state index >= 15 is 0 Å². The summed E-state index contributed by atoms with van der Waals surface area (Å²) in [7, 11) is 1.48. The van der Waals surface area contributed by atoms with Gasteiger partial charge in [-0.1, -0.05) is 0 Å².